The molecule has 0 aliphatic heterocycles. The Bertz CT molecular complexity index is 908. The van der Waals surface area contributed by atoms with Crippen LogP contribution in [0.25, 0.3) is 33.1 Å². The van der Waals surface area contributed by atoms with E-state index in [-0.39, 0.29) is 0 Å². The van der Waals surface area contributed by atoms with Gasteiger partial charge in [-0.25, -0.2) is 4.98 Å². The van der Waals surface area contributed by atoms with Crippen LogP contribution in [0.2, 0.25) is 0 Å². The molecule has 0 spiro atoms. The van der Waals surface area contributed by atoms with E-state index >= 15 is 0 Å². The third kappa shape index (κ3) is 1.74. The highest BCUT2D eigenvalue weighted by molar-refractivity contribution is 5.94. The van der Waals surface area contributed by atoms with Crippen molar-refractivity contribution in [1.29, 1.82) is 0 Å². The molecule has 1 radical (unpaired) electrons. The van der Waals surface area contributed by atoms with E-state index in [9.17, 15) is 0 Å². The first-order valence-corrected chi connectivity index (χ1v) is 6.53. The van der Waals surface area contributed by atoms with Gasteiger partial charge in [0.25, 0.3) is 0 Å². The molecule has 0 atom stereocenters. The summed E-state index contributed by atoms with van der Waals surface area (Å²) in [7, 11) is 0. The summed E-state index contributed by atoms with van der Waals surface area (Å²) in [6.07, 6.45) is 1.83. The van der Waals surface area contributed by atoms with Crippen molar-refractivity contribution in [2.24, 2.45) is 0 Å². The molecule has 20 heavy (non-hydrogen) atoms. The molecule has 0 saturated heterocycles. The number of benzene rings is 2. The first kappa shape index (κ1) is 11.1. The Labute approximate surface area is 116 Å². The Morgan fingerprint density at radius 1 is 0.800 bits per heavy atom. The van der Waals surface area contributed by atoms with Crippen LogP contribution in [0.5, 0.6) is 0 Å². The number of aromatic nitrogens is 2. The van der Waals surface area contributed by atoms with Crippen molar-refractivity contribution in [1.82, 2.24) is 9.97 Å². The fourth-order valence-electron chi connectivity index (χ4n) is 2.46. The Morgan fingerprint density at radius 2 is 1.60 bits per heavy atom. The van der Waals surface area contributed by atoms with Crippen molar-refractivity contribution in [2.75, 3.05) is 0 Å². The Hall–Kier alpha value is -2.74. The lowest BCUT2D eigenvalue weighted by molar-refractivity contribution is 1.37. The highest BCUT2D eigenvalue weighted by Gasteiger charge is 2.06. The number of hydrogen-bond acceptors (Lipinski definition) is 2. The minimum absolute atomic E-state index is 0.933. The molecular weight excluding hydrogens is 244 g/mol. The summed E-state index contributed by atoms with van der Waals surface area (Å²) in [6, 6.07) is 23.4. The van der Waals surface area contributed by atoms with Crippen LogP contribution in [0.3, 0.4) is 0 Å². The molecule has 4 rings (SSSR count). The highest BCUT2D eigenvalue weighted by atomic mass is 14.7. The summed E-state index contributed by atoms with van der Waals surface area (Å²) in [5.74, 6) is 0. The summed E-state index contributed by atoms with van der Waals surface area (Å²) in [5, 5.41) is 2.15. The highest BCUT2D eigenvalue weighted by Crippen LogP contribution is 2.27. The molecule has 0 N–H and O–H groups in total. The lowest BCUT2D eigenvalue weighted by Gasteiger charge is -2.06. The topological polar surface area (TPSA) is 25.8 Å². The van der Waals surface area contributed by atoms with Crippen molar-refractivity contribution in [3.63, 3.8) is 0 Å². The van der Waals surface area contributed by atoms with Gasteiger partial charge in [0.15, 0.2) is 0 Å². The van der Waals surface area contributed by atoms with Gasteiger partial charge in [0.2, 0.25) is 0 Å². The Morgan fingerprint density at radius 3 is 2.55 bits per heavy atom. The molecule has 2 heteroatoms. The van der Waals surface area contributed by atoms with Crippen molar-refractivity contribution in [3.8, 4) is 11.3 Å². The third-order valence-corrected chi connectivity index (χ3v) is 3.43. The van der Waals surface area contributed by atoms with Crippen molar-refractivity contribution >= 4 is 21.8 Å². The van der Waals surface area contributed by atoms with Gasteiger partial charge in [-0.3, -0.25) is 4.98 Å². The normalized spacial score (nSPS) is 11.0. The van der Waals surface area contributed by atoms with Crippen LogP contribution in [0, 0.1) is 6.07 Å². The SMILES string of the molecule is [c]1cc(-c2ccnc3ccccc23)nc2ccccc12. The zero-order valence-corrected chi connectivity index (χ0v) is 10.7. The van der Waals surface area contributed by atoms with E-state index in [4.69, 9.17) is 4.98 Å². The van der Waals surface area contributed by atoms with Gasteiger partial charge in [0.1, 0.15) is 0 Å². The predicted octanol–water partition coefficient (Wildman–Crippen LogP) is 4.25. The minimum atomic E-state index is 0.933. The van der Waals surface area contributed by atoms with Crippen LogP contribution < -0.4 is 0 Å². The Kier molecular flexibility index (Phi) is 2.46. The van der Waals surface area contributed by atoms with E-state index < -0.39 is 0 Å². The number of fused-ring (bicyclic) bond motifs is 2. The Balaban J connectivity index is 2.01. The molecule has 2 aromatic carbocycles. The van der Waals surface area contributed by atoms with E-state index in [2.05, 4.69) is 17.1 Å². The minimum Gasteiger partial charge on any atom is -0.256 e. The summed E-state index contributed by atoms with van der Waals surface area (Å²) in [4.78, 5) is 9.13. The summed E-state index contributed by atoms with van der Waals surface area (Å²) < 4.78 is 0. The van der Waals surface area contributed by atoms with E-state index in [1.807, 2.05) is 60.8 Å². The molecule has 0 amide bonds. The second-order valence-corrected chi connectivity index (χ2v) is 4.68. The van der Waals surface area contributed by atoms with Gasteiger partial charge in [0.05, 0.1) is 16.7 Å². The zero-order valence-electron chi connectivity index (χ0n) is 10.7. The molecule has 0 bridgehead atoms. The van der Waals surface area contributed by atoms with Gasteiger partial charge < -0.3 is 0 Å². The van der Waals surface area contributed by atoms with Crippen LogP contribution in [0.15, 0.2) is 66.9 Å². The van der Waals surface area contributed by atoms with Crippen molar-refractivity contribution in [3.05, 3.63) is 72.9 Å². The molecule has 0 saturated carbocycles. The maximum atomic E-state index is 4.74. The van der Waals surface area contributed by atoms with E-state index in [0.717, 1.165) is 33.1 Å². The molecule has 4 aromatic rings. The molecular formula is C18H11N2. The van der Waals surface area contributed by atoms with Gasteiger partial charge in [-0.15, -0.1) is 0 Å². The average molecular weight is 255 g/mol. The lowest BCUT2D eigenvalue weighted by Crippen LogP contribution is -1.88. The largest absolute Gasteiger partial charge is 0.256 e. The number of nitrogens with zero attached hydrogens (tertiary/aromatic N) is 2. The van der Waals surface area contributed by atoms with Gasteiger partial charge in [-0.1, -0.05) is 36.4 Å². The summed E-state index contributed by atoms with van der Waals surface area (Å²) in [6.45, 7) is 0. The molecule has 2 aromatic heterocycles. The number of para-hydroxylation sites is 2. The molecule has 93 valence electrons. The quantitative estimate of drug-likeness (QED) is 0.508. The molecule has 0 aliphatic carbocycles. The lowest BCUT2D eigenvalue weighted by atomic mass is 10.0. The van der Waals surface area contributed by atoms with E-state index in [0.29, 0.717) is 0 Å². The van der Waals surface area contributed by atoms with E-state index in [1.54, 1.807) is 0 Å². The fourth-order valence-corrected chi connectivity index (χ4v) is 2.46. The van der Waals surface area contributed by atoms with Crippen LogP contribution in [0.1, 0.15) is 0 Å². The van der Waals surface area contributed by atoms with Gasteiger partial charge in [0, 0.05) is 22.5 Å². The van der Waals surface area contributed by atoms with Crippen LogP contribution >= 0.6 is 0 Å². The van der Waals surface area contributed by atoms with Crippen molar-refractivity contribution < 1.29 is 0 Å². The number of rotatable bonds is 1. The van der Waals surface area contributed by atoms with Crippen LogP contribution in [-0.2, 0) is 0 Å². The van der Waals surface area contributed by atoms with Crippen molar-refractivity contribution in [2.45, 2.75) is 0 Å². The number of pyridine rings is 2. The fraction of sp³-hybridized carbons (Fsp3) is 0. The molecule has 0 unspecified atom stereocenters. The third-order valence-electron chi connectivity index (χ3n) is 3.43. The average Bonchev–Trinajstić information content (AvgIpc) is 2.54. The summed E-state index contributed by atoms with van der Waals surface area (Å²) >= 11 is 0. The molecule has 2 heterocycles. The maximum Gasteiger partial charge on any atom is 0.0723 e. The van der Waals surface area contributed by atoms with Crippen LogP contribution in [0.4, 0.5) is 0 Å². The second-order valence-electron chi connectivity index (χ2n) is 4.68. The van der Waals surface area contributed by atoms with Gasteiger partial charge in [-0.05, 0) is 30.3 Å². The molecule has 2 nitrogen and oxygen atoms in total. The number of hydrogen-bond donors (Lipinski definition) is 0. The first-order chi connectivity index (χ1) is 9.92. The first-order valence-electron chi connectivity index (χ1n) is 6.53. The zero-order chi connectivity index (χ0) is 13.4. The van der Waals surface area contributed by atoms with Gasteiger partial charge in [-0.2, -0.15) is 0 Å². The second kappa shape index (κ2) is 4.42. The monoisotopic (exact) mass is 255 g/mol. The molecule has 0 aliphatic rings. The van der Waals surface area contributed by atoms with Crippen LogP contribution in [-0.4, -0.2) is 9.97 Å². The standard InChI is InChI=1S/C18H11N2/c1-3-7-16-13(5-1)9-10-18(20-16)15-11-12-19-17-8-4-2-6-14(15)17/h1-8,10-12H. The van der Waals surface area contributed by atoms with E-state index in [1.165, 1.54) is 0 Å². The smallest absolute Gasteiger partial charge is 0.0723 e. The predicted molar refractivity (Wildman–Crippen MR) is 81.3 cm³/mol. The van der Waals surface area contributed by atoms with Gasteiger partial charge >= 0.3 is 0 Å². The summed E-state index contributed by atoms with van der Waals surface area (Å²) in [5.41, 5.74) is 3.98. The molecule has 0 fully saturated rings. The maximum absolute atomic E-state index is 4.74.